The second-order valence-corrected chi connectivity index (χ2v) is 8.96. The molecule has 5 rings (SSSR count). The van der Waals surface area contributed by atoms with Crippen molar-refractivity contribution in [3.63, 3.8) is 0 Å². The van der Waals surface area contributed by atoms with Crippen molar-refractivity contribution >= 4 is 28.4 Å². The zero-order chi connectivity index (χ0) is 23.5. The monoisotopic (exact) mass is 449 g/mol. The van der Waals surface area contributed by atoms with E-state index in [-0.39, 0.29) is 23.0 Å². The summed E-state index contributed by atoms with van der Waals surface area (Å²) in [7, 11) is 0. The Morgan fingerprint density at radius 1 is 1.27 bits per heavy atom. The molecule has 0 radical (unpaired) electrons. The molecular formula is C23H21F2N7O. The van der Waals surface area contributed by atoms with E-state index in [2.05, 4.69) is 25.3 Å². The van der Waals surface area contributed by atoms with Gasteiger partial charge in [-0.3, -0.25) is 4.99 Å². The summed E-state index contributed by atoms with van der Waals surface area (Å²) in [5.74, 6) is -1.63. The van der Waals surface area contributed by atoms with Gasteiger partial charge >= 0.3 is 0 Å². The zero-order valence-electron chi connectivity index (χ0n) is 18.0. The maximum atomic E-state index is 15.1. The van der Waals surface area contributed by atoms with Gasteiger partial charge in [-0.05, 0) is 38.3 Å². The molecule has 0 unspecified atom stereocenters. The largest absolute Gasteiger partial charge is 0.393 e. The first-order chi connectivity index (χ1) is 15.7. The van der Waals surface area contributed by atoms with Crippen molar-refractivity contribution in [1.82, 2.24) is 15.0 Å². The first kappa shape index (κ1) is 21.2. The fourth-order valence-corrected chi connectivity index (χ4v) is 5.15. The number of rotatable bonds is 4. The minimum absolute atomic E-state index is 0.0539. The fourth-order valence-electron chi connectivity index (χ4n) is 5.15. The normalized spacial score (nSPS) is 26.8. The number of aromatic nitrogens is 3. The molecule has 0 spiro atoms. The third kappa shape index (κ3) is 3.19. The molecule has 2 aromatic heterocycles. The highest BCUT2D eigenvalue weighted by Gasteiger charge is 2.67. The van der Waals surface area contributed by atoms with Gasteiger partial charge in [-0.15, -0.1) is 0 Å². The summed E-state index contributed by atoms with van der Waals surface area (Å²) in [6.45, 7) is 3.42. The van der Waals surface area contributed by atoms with E-state index in [1.54, 1.807) is 19.9 Å². The van der Waals surface area contributed by atoms with E-state index in [1.165, 1.54) is 18.6 Å². The predicted molar refractivity (Wildman–Crippen MR) is 118 cm³/mol. The number of aliphatic imine (C=N–C) groups is 1. The van der Waals surface area contributed by atoms with Gasteiger partial charge < -0.3 is 16.2 Å². The van der Waals surface area contributed by atoms with Crippen molar-refractivity contribution in [3.8, 4) is 6.07 Å². The Balaban J connectivity index is 1.58. The number of nitrogens with one attached hydrogen (secondary N) is 1. The number of hydrogen-bond donors (Lipinski definition) is 3. The molecular weight excluding hydrogens is 428 g/mol. The Morgan fingerprint density at radius 3 is 2.79 bits per heavy atom. The Kier molecular flexibility index (Phi) is 4.58. The average molecular weight is 449 g/mol. The van der Waals surface area contributed by atoms with Crippen LogP contribution in [0.15, 0.2) is 35.7 Å². The molecule has 2 aliphatic rings. The number of nitriles is 1. The summed E-state index contributed by atoms with van der Waals surface area (Å²) in [5.41, 5.74) is 5.92. The molecule has 33 heavy (non-hydrogen) atoms. The Bertz CT molecular complexity index is 1370. The van der Waals surface area contributed by atoms with Gasteiger partial charge in [0.25, 0.3) is 0 Å². The number of halogens is 2. The Hall–Kier alpha value is -3.71. The number of benzene rings is 1. The van der Waals surface area contributed by atoms with Gasteiger partial charge in [0.05, 0.1) is 28.6 Å². The van der Waals surface area contributed by atoms with Gasteiger partial charge in [-0.2, -0.15) is 5.26 Å². The number of aliphatic hydroxyl groups is 1. The summed E-state index contributed by atoms with van der Waals surface area (Å²) in [6.07, 6.45) is 3.07. The van der Waals surface area contributed by atoms with E-state index in [0.717, 1.165) is 6.07 Å². The Morgan fingerprint density at radius 2 is 2.06 bits per heavy atom. The van der Waals surface area contributed by atoms with Gasteiger partial charge in [-0.1, -0.05) is 0 Å². The van der Waals surface area contributed by atoms with Crippen LogP contribution >= 0.6 is 0 Å². The standard InChI is InChI=1S/C23H21F2N7O/c1-11(33)23-6-17(23)22(2,32-18(27)7-23)14-4-13(5-15(24)19(14)25)31-21-20-16(29-10-30-21)3-12(8-26)9-28-20/h3-5,9-11,17,33H,6-7H2,1-2H3,(H2,27,32)(H,29,30,31)/t11-,17+,22+,23-/m1/s1. The molecule has 1 aliphatic carbocycles. The van der Waals surface area contributed by atoms with Crippen LogP contribution in [0.3, 0.4) is 0 Å². The van der Waals surface area contributed by atoms with Gasteiger partial charge in [0.1, 0.15) is 17.9 Å². The lowest BCUT2D eigenvalue weighted by Crippen LogP contribution is -2.40. The van der Waals surface area contributed by atoms with Crippen molar-refractivity contribution in [2.45, 2.75) is 38.3 Å². The van der Waals surface area contributed by atoms with E-state index in [0.29, 0.717) is 35.3 Å². The van der Waals surface area contributed by atoms with Crippen molar-refractivity contribution in [1.29, 1.82) is 5.26 Å². The van der Waals surface area contributed by atoms with Crippen LogP contribution < -0.4 is 11.1 Å². The van der Waals surface area contributed by atoms with E-state index < -0.39 is 28.7 Å². The summed E-state index contributed by atoms with van der Waals surface area (Å²) in [6, 6.07) is 6.08. The second kappa shape index (κ2) is 7.15. The highest BCUT2D eigenvalue weighted by molar-refractivity contribution is 5.87. The quantitative estimate of drug-likeness (QED) is 0.557. The number of fused-ring (bicyclic) bond motifs is 2. The minimum Gasteiger partial charge on any atom is -0.393 e. The topological polar surface area (TPSA) is 133 Å². The minimum atomic E-state index is -1.13. The van der Waals surface area contributed by atoms with Crippen molar-refractivity contribution in [2.24, 2.45) is 22.1 Å². The van der Waals surface area contributed by atoms with Crippen molar-refractivity contribution in [2.75, 3.05) is 5.32 Å². The number of hydrogen-bond acceptors (Lipinski definition) is 8. The molecule has 1 saturated carbocycles. The number of aliphatic hydroxyl groups excluding tert-OH is 1. The van der Waals surface area contributed by atoms with Gasteiger partial charge in [-0.25, -0.2) is 23.7 Å². The highest BCUT2D eigenvalue weighted by atomic mass is 19.2. The highest BCUT2D eigenvalue weighted by Crippen LogP contribution is 2.68. The van der Waals surface area contributed by atoms with Crippen LogP contribution in [0.1, 0.15) is 37.8 Å². The molecule has 1 aromatic carbocycles. The van der Waals surface area contributed by atoms with Crippen LogP contribution in [0.5, 0.6) is 0 Å². The summed E-state index contributed by atoms with van der Waals surface area (Å²) < 4.78 is 29.8. The van der Waals surface area contributed by atoms with Crippen LogP contribution in [0.2, 0.25) is 0 Å². The molecule has 3 aromatic rings. The molecule has 1 fully saturated rings. The van der Waals surface area contributed by atoms with E-state index in [9.17, 15) is 9.50 Å². The van der Waals surface area contributed by atoms with Crippen LogP contribution in [-0.4, -0.2) is 32.0 Å². The molecule has 0 bridgehead atoms. The van der Waals surface area contributed by atoms with E-state index in [4.69, 9.17) is 11.0 Å². The molecule has 0 saturated heterocycles. The van der Waals surface area contributed by atoms with Crippen LogP contribution in [0, 0.1) is 34.3 Å². The number of nitrogens with two attached hydrogens (primary N) is 1. The molecule has 1 aliphatic heterocycles. The SMILES string of the molecule is C[C@@H](O)[C@@]12CC(N)=N[C@@](C)(c3cc(Nc4ncnc5cc(C#N)cnc45)cc(F)c3F)[C@@H]1C2. The lowest BCUT2D eigenvalue weighted by atomic mass is 9.77. The fraction of sp³-hybridized carbons (Fsp3) is 0.348. The van der Waals surface area contributed by atoms with Gasteiger partial charge in [0.15, 0.2) is 17.5 Å². The van der Waals surface area contributed by atoms with Crippen LogP contribution in [0.4, 0.5) is 20.3 Å². The summed E-state index contributed by atoms with van der Waals surface area (Å²) in [5, 5.41) is 22.4. The number of pyridine rings is 1. The smallest absolute Gasteiger partial charge is 0.164 e. The lowest BCUT2D eigenvalue weighted by Gasteiger charge is -2.36. The van der Waals surface area contributed by atoms with Crippen LogP contribution in [-0.2, 0) is 5.54 Å². The maximum Gasteiger partial charge on any atom is 0.164 e. The average Bonchev–Trinajstić information content (AvgIpc) is 3.53. The number of amidine groups is 1. The third-order valence-electron chi connectivity index (χ3n) is 6.96. The third-order valence-corrected chi connectivity index (χ3v) is 6.96. The molecule has 4 atom stereocenters. The Labute approximate surface area is 188 Å². The van der Waals surface area contributed by atoms with Crippen molar-refractivity contribution in [3.05, 3.63) is 53.5 Å². The van der Waals surface area contributed by atoms with Crippen LogP contribution in [0.25, 0.3) is 11.0 Å². The second-order valence-electron chi connectivity index (χ2n) is 8.96. The molecule has 8 nitrogen and oxygen atoms in total. The molecule has 168 valence electrons. The molecule has 10 heteroatoms. The zero-order valence-corrected chi connectivity index (χ0v) is 18.0. The van der Waals surface area contributed by atoms with Crippen molar-refractivity contribution < 1.29 is 13.9 Å². The predicted octanol–water partition coefficient (Wildman–Crippen LogP) is 3.28. The number of anilines is 2. The first-order valence-electron chi connectivity index (χ1n) is 10.5. The molecule has 4 N–H and O–H groups in total. The molecule has 0 amide bonds. The summed E-state index contributed by atoms with van der Waals surface area (Å²) in [4.78, 5) is 17.1. The van der Waals surface area contributed by atoms with E-state index in [1.807, 2.05) is 6.07 Å². The maximum absolute atomic E-state index is 15.1. The van der Waals surface area contributed by atoms with E-state index >= 15 is 4.39 Å². The summed E-state index contributed by atoms with van der Waals surface area (Å²) >= 11 is 0. The van der Waals surface area contributed by atoms with Gasteiger partial charge in [0.2, 0.25) is 0 Å². The number of nitrogens with zero attached hydrogens (tertiary/aromatic N) is 5. The first-order valence-corrected chi connectivity index (χ1v) is 10.5. The van der Waals surface area contributed by atoms with Gasteiger partial charge in [0, 0.05) is 35.3 Å². The molecule has 3 heterocycles. The lowest BCUT2D eigenvalue weighted by molar-refractivity contribution is 0.0879.